The molecule has 1 amide bonds. The van der Waals surface area contributed by atoms with E-state index in [1.54, 1.807) is 24.3 Å². The lowest BCUT2D eigenvalue weighted by atomic mass is 10.1. The monoisotopic (exact) mass is 313 g/mol. The van der Waals surface area contributed by atoms with Gasteiger partial charge in [0.1, 0.15) is 0 Å². The number of sulfonamides is 1. The van der Waals surface area contributed by atoms with Gasteiger partial charge in [-0.25, -0.2) is 8.42 Å². The summed E-state index contributed by atoms with van der Waals surface area (Å²) in [5, 5.41) is 2.81. The second kappa shape index (κ2) is 7.99. The number of likely N-dealkylation sites (N-methyl/N-ethyl adjacent to an activating group) is 1. The summed E-state index contributed by atoms with van der Waals surface area (Å²) in [5.74, 6) is -0.283. The number of benzene rings is 1. The first kappa shape index (κ1) is 17.5. The van der Waals surface area contributed by atoms with Crippen LogP contribution >= 0.6 is 0 Å². The fourth-order valence-electron chi connectivity index (χ4n) is 1.93. The molecule has 0 aliphatic rings. The van der Waals surface area contributed by atoms with Crippen LogP contribution in [0.15, 0.2) is 24.3 Å². The van der Waals surface area contributed by atoms with Gasteiger partial charge in [0.2, 0.25) is 10.0 Å². The highest BCUT2D eigenvalue weighted by Gasteiger charge is 2.13. The largest absolute Gasteiger partial charge is 0.351 e. The van der Waals surface area contributed by atoms with E-state index in [0.29, 0.717) is 17.8 Å². The van der Waals surface area contributed by atoms with Crippen molar-refractivity contribution in [3.05, 3.63) is 29.8 Å². The van der Waals surface area contributed by atoms with Crippen LogP contribution in [-0.2, 0) is 10.0 Å². The summed E-state index contributed by atoms with van der Waals surface area (Å²) >= 11 is 0. The number of anilines is 1. The number of rotatable bonds is 8. The summed E-state index contributed by atoms with van der Waals surface area (Å²) in [6.45, 7) is 7.28. The molecule has 0 radical (unpaired) electrons. The molecule has 0 aliphatic heterocycles. The summed E-state index contributed by atoms with van der Waals surface area (Å²) in [6, 6.07) is 6.55. The summed E-state index contributed by atoms with van der Waals surface area (Å²) in [7, 11) is -3.41. The molecule has 0 atom stereocenters. The highest BCUT2D eigenvalue weighted by atomic mass is 32.2. The minimum atomic E-state index is -3.41. The van der Waals surface area contributed by atoms with Crippen molar-refractivity contribution in [2.24, 2.45) is 0 Å². The molecule has 2 N–H and O–H groups in total. The zero-order chi connectivity index (χ0) is 15.9. The third kappa shape index (κ3) is 6.14. The first-order valence-electron chi connectivity index (χ1n) is 6.94. The normalized spacial score (nSPS) is 11.4. The quantitative estimate of drug-likeness (QED) is 0.754. The van der Waals surface area contributed by atoms with Gasteiger partial charge in [0.05, 0.1) is 17.5 Å². The SMILES string of the molecule is CCN(CC)CCNC(=O)c1ccccc1NS(C)(=O)=O. The average Bonchev–Trinajstić information content (AvgIpc) is 2.42. The Balaban J connectivity index is 2.70. The molecule has 0 bridgehead atoms. The van der Waals surface area contributed by atoms with Crippen molar-refractivity contribution in [3.8, 4) is 0 Å². The van der Waals surface area contributed by atoms with E-state index in [0.717, 1.165) is 25.9 Å². The zero-order valence-electron chi connectivity index (χ0n) is 12.7. The van der Waals surface area contributed by atoms with E-state index >= 15 is 0 Å². The second-order valence-electron chi connectivity index (χ2n) is 4.70. The van der Waals surface area contributed by atoms with Gasteiger partial charge in [-0.05, 0) is 25.2 Å². The van der Waals surface area contributed by atoms with Crippen LogP contribution in [0.25, 0.3) is 0 Å². The van der Waals surface area contributed by atoms with Gasteiger partial charge >= 0.3 is 0 Å². The Morgan fingerprint density at radius 2 is 1.81 bits per heavy atom. The lowest BCUT2D eigenvalue weighted by Crippen LogP contribution is -2.35. The second-order valence-corrected chi connectivity index (χ2v) is 6.45. The van der Waals surface area contributed by atoms with Crippen LogP contribution in [0.5, 0.6) is 0 Å². The van der Waals surface area contributed by atoms with E-state index in [1.807, 2.05) is 0 Å². The van der Waals surface area contributed by atoms with Crippen LogP contribution in [0.2, 0.25) is 0 Å². The fraction of sp³-hybridized carbons (Fsp3) is 0.500. The topological polar surface area (TPSA) is 78.5 Å². The van der Waals surface area contributed by atoms with E-state index in [4.69, 9.17) is 0 Å². The van der Waals surface area contributed by atoms with Crippen molar-refractivity contribution < 1.29 is 13.2 Å². The van der Waals surface area contributed by atoms with Crippen molar-refractivity contribution in [2.75, 3.05) is 37.2 Å². The van der Waals surface area contributed by atoms with Crippen molar-refractivity contribution in [2.45, 2.75) is 13.8 Å². The van der Waals surface area contributed by atoms with E-state index in [1.165, 1.54) is 0 Å². The third-order valence-corrected chi connectivity index (χ3v) is 3.67. The molecule has 1 rings (SSSR count). The standard InChI is InChI=1S/C14H23N3O3S/c1-4-17(5-2)11-10-15-14(18)12-8-6-7-9-13(12)16-21(3,19)20/h6-9,16H,4-5,10-11H2,1-3H3,(H,15,18). The Labute approximate surface area is 126 Å². The molecule has 0 saturated carbocycles. The van der Waals surface area contributed by atoms with Crippen LogP contribution in [0.1, 0.15) is 24.2 Å². The molecule has 0 heterocycles. The molecule has 0 spiro atoms. The molecule has 1 aromatic carbocycles. The third-order valence-electron chi connectivity index (χ3n) is 3.08. The number of carbonyl (C=O) groups is 1. The molecule has 118 valence electrons. The number of hydrogen-bond acceptors (Lipinski definition) is 4. The van der Waals surface area contributed by atoms with Gasteiger partial charge < -0.3 is 10.2 Å². The summed E-state index contributed by atoms with van der Waals surface area (Å²) in [5.41, 5.74) is 0.614. The fourth-order valence-corrected chi connectivity index (χ4v) is 2.51. The van der Waals surface area contributed by atoms with Crippen molar-refractivity contribution in [3.63, 3.8) is 0 Å². The predicted octanol–water partition coefficient (Wildman–Crippen LogP) is 1.13. The first-order valence-corrected chi connectivity index (χ1v) is 8.84. The predicted molar refractivity (Wildman–Crippen MR) is 85.0 cm³/mol. The summed E-state index contributed by atoms with van der Waals surface area (Å²) < 4.78 is 25.0. The number of nitrogens with zero attached hydrogens (tertiary/aromatic N) is 1. The molecule has 0 saturated heterocycles. The van der Waals surface area contributed by atoms with Crippen LogP contribution < -0.4 is 10.0 Å². The maximum atomic E-state index is 12.1. The van der Waals surface area contributed by atoms with Crippen molar-refractivity contribution in [1.82, 2.24) is 10.2 Å². The minimum Gasteiger partial charge on any atom is -0.351 e. The smallest absolute Gasteiger partial charge is 0.253 e. The molecule has 1 aromatic rings. The van der Waals surface area contributed by atoms with Crippen molar-refractivity contribution >= 4 is 21.6 Å². The maximum absolute atomic E-state index is 12.1. The Morgan fingerprint density at radius 1 is 1.19 bits per heavy atom. The molecule has 0 aromatic heterocycles. The van der Waals surface area contributed by atoms with Crippen LogP contribution in [0, 0.1) is 0 Å². The highest BCUT2D eigenvalue weighted by Crippen LogP contribution is 2.15. The Bertz CT molecular complexity index is 569. The first-order chi connectivity index (χ1) is 9.87. The zero-order valence-corrected chi connectivity index (χ0v) is 13.5. The Morgan fingerprint density at radius 3 is 2.38 bits per heavy atom. The van der Waals surface area contributed by atoms with Crippen LogP contribution in [0.3, 0.4) is 0 Å². The number of amides is 1. The van der Waals surface area contributed by atoms with E-state index in [9.17, 15) is 13.2 Å². The number of para-hydroxylation sites is 1. The van der Waals surface area contributed by atoms with Gasteiger partial charge in [0.15, 0.2) is 0 Å². The molecule has 0 aliphatic carbocycles. The molecule has 6 nitrogen and oxygen atoms in total. The molecule has 0 unspecified atom stereocenters. The molecule has 7 heteroatoms. The minimum absolute atomic E-state index is 0.283. The Hall–Kier alpha value is -1.60. The van der Waals surface area contributed by atoms with E-state index < -0.39 is 10.0 Å². The van der Waals surface area contributed by atoms with Gasteiger partial charge in [-0.3, -0.25) is 9.52 Å². The van der Waals surface area contributed by atoms with Crippen LogP contribution in [0.4, 0.5) is 5.69 Å². The lowest BCUT2D eigenvalue weighted by Gasteiger charge is -2.18. The number of hydrogen-bond donors (Lipinski definition) is 2. The summed E-state index contributed by atoms with van der Waals surface area (Å²) in [6.07, 6.45) is 1.06. The lowest BCUT2D eigenvalue weighted by molar-refractivity contribution is 0.0950. The van der Waals surface area contributed by atoms with E-state index in [-0.39, 0.29) is 5.91 Å². The number of nitrogens with one attached hydrogen (secondary N) is 2. The average molecular weight is 313 g/mol. The van der Waals surface area contributed by atoms with Gasteiger partial charge in [-0.2, -0.15) is 0 Å². The van der Waals surface area contributed by atoms with Gasteiger partial charge in [-0.15, -0.1) is 0 Å². The van der Waals surface area contributed by atoms with Gasteiger partial charge in [0.25, 0.3) is 5.91 Å². The molecular weight excluding hydrogens is 290 g/mol. The summed E-state index contributed by atoms with van der Waals surface area (Å²) in [4.78, 5) is 14.3. The molecule has 21 heavy (non-hydrogen) atoms. The van der Waals surface area contributed by atoms with E-state index in [2.05, 4.69) is 28.8 Å². The van der Waals surface area contributed by atoms with Crippen molar-refractivity contribution in [1.29, 1.82) is 0 Å². The molecule has 0 fully saturated rings. The molecular formula is C14H23N3O3S. The Kier molecular flexibility index (Phi) is 6.64. The highest BCUT2D eigenvalue weighted by molar-refractivity contribution is 7.92. The number of carbonyl (C=O) groups excluding carboxylic acids is 1. The van der Waals surface area contributed by atoms with Crippen LogP contribution in [-0.4, -0.2) is 51.7 Å². The van der Waals surface area contributed by atoms with Gasteiger partial charge in [-0.1, -0.05) is 26.0 Å². The van der Waals surface area contributed by atoms with Gasteiger partial charge in [0, 0.05) is 13.1 Å². The maximum Gasteiger partial charge on any atom is 0.253 e.